The Morgan fingerprint density at radius 1 is 0.593 bits per heavy atom. The van der Waals surface area contributed by atoms with Crippen LogP contribution in [0.2, 0.25) is 0 Å². The molecule has 11 heteroatoms. The molecule has 0 heterocycles. The van der Waals surface area contributed by atoms with Crippen molar-refractivity contribution in [2.45, 2.75) is 155 Å². The van der Waals surface area contributed by atoms with Gasteiger partial charge >= 0.3 is 11.9 Å². The molecule has 0 aliphatic carbocycles. The molecule has 0 aromatic carbocycles. The fourth-order valence-corrected chi connectivity index (χ4v) is 6.09. The third-order valence-electron chi connectivity index (χ3n) is 8.88. The number of allylic oxidation sites excluding steroid dienone is 14. The molecule has 0 radical (unpaired) electrons. The number of ketones is 1. The smallest absolute Gasteiger partial charge is 0.306 e. The molecule has 0 aliphatic heterocycles. The van der Waals surface area contributed by atoms with Gasteiger partial charge in [-0.15, -0.1) is 0 Å². The van der Waals surface area contributed by atoms with Crippen molar-refractivity contribution in [3.63, 3.8) is 0 Å². The molecule has 1 unspecified atom stereocenters. The maximum absolute atomic E-state index is 12.7. The number of carbonyl (C=O) groups excluding carboxylic acids is 3. The van der Waals surface area contributed by atoms with Crippen LogP contribution in [0, 0.1) is 0 Å². The summed E-state index contributed by atoms with van der Waals surface area (Å²) < 4.78 is 33.8. The quantitative estimate of drug-likeness (QED) is 0.0113. The van der Waals surface area contributed by atoms with Crippen LogP contribution in [0.25, 0.3) is 0 Å². The van der Waals surface area contributed by atoms with Crippen LogP contribution in [0.5, 0.6) is 0 Å². The highest BCUT2D eigenvalue weighted by atomic mass is 31.2. The molecular formula is C48H80NO9P. The summed E-state index contributed by atoms with van der Waals surface area (Å²) in [6.45, 7) is 3.84. The highest BCUT2D eigenvalue weighted by Gasteiger charge is 2.21. The van der Waals surface area contributed by atoms with Gasteiger partial charge in [-0.2, -0.15) is 0 Å². The molecule has 0 aliphatic rings. The van der Waals surface area contributed by atoms with Gasteiger partial charge in [0, 0.05) is 19.3 Å². The normalized spacial score (nSPS) is 14.3. The third-order valence-corrected chi connectivity index (χ3v) is 9.84. The zero-order valence-electron chi connectivity index (χ0n) is 37.4. The molecule has 336 valence electrons. The maximum atomic E-state index is 12.7. The summed E-state index contributed by atoms with van der Waals surface area (Å²) in [5.41, 5.74) is 0. The number of quaternary nitrogens is 1. The third kappa shape index (κ3) is 42.8. The number of phosphoric acid groups is 1. The van der Waals surface area contributed by atoms with E-state index in [0.717, 1.165) is 103 Å². The van der Waals surface area contributed by atoms with Gasteiger partial charge in [0.25, 0.3) is 7.82 Å². The number of likely N-dealkylation sites (N-methyl/N-ethyl adjacent to an activating group) is 1. The van der Waals surface area contributed by atoms with Gasteiger partial charge in [-0.05, 0) is 83.1 Å². The second-order valence-corrected chi connectivity index (χ2v) is 17.1. The van der Waals surface area contributed by atoms with Crippen LogP contribution in [0.15, 0.2) is 85.1 Å². The lowest BCUT2D eigenvalue weighted by atomic mass is 10.1. The van der Waals surface area contributed by atoms with Crippen molar-refractivity contribution in [3.05, 3.63) is 85.1 Å². The van der Waals surface area contributed by atoms with Crippen molar-refractivity contribution < 1.29 is 46.8 Å². The molecule has 10 nitrogen and oxygen atoms in total. The SMILES string of the molecule is CC/C=C\C/C=C\C/C=C\C/C=C\C/C=C\CCCCCC(=O)O[C@H](COC(=O)CCCCCCC/C=C\C=C\C(=O)CCCCC)COP(=O)([O-])OCC[N+](C)(C)C. The van der Waals surface area contributed by atoms with Crippen molar-refractivity contribution >= 4 is 25.5 Å². The van der Waals surface area contributed by atoms with Crippen molar-refractivity contribution in [3.8, 4) is 0 Å². The molecule has 0 bridgehead atoms. The topological polar surface area (TPSA) is 128 Å². The second-order valence-electron chi connectivity index (χ2n) is 15.7. The molecule has 0 saturated heterocycles. The Morgan fingerprint density at radius 2 is 1.12 bits per heavy atom. The largest absolute Gasteiger partial charge is 0.756 e. The number of hydrogen-bond donors (Lipinski definition) is 0. The highest BCUT2D eigenvalue weighted by molar-refractivity contribution is 7.45. The molecule has 0 rings (SSSR count). The van der Waals surface area contributed by atoms with Crippen LogP contribution in [-0.2, 0) is 37.5 Å². The first-order chi connectivity index (χ1) is 28.4. The summed E-state index contributed by atoms with van der Waals surface area (Å²) in [7, 11) is 1.08. The molecule has 0 aromatic heterocycles. The Balaban J connectivity index is 4.50. The van der Waals surface area contributed by atoms with E-state index in [0.29, 0.717) is 30.3 Å². The predicted molar refractivity (Wildman–Crippen MR) is 241 cm³/mol. The first kappa shape index (κ1) is 55.9. The minimum atomic E-state index is -4.66. The monoisotopic (exact) mass is 846 g/mol. The van der Waals surface area contributed by atoms with Gasteiger partial charge in [-0.3, -0.25) is 18.9 Å². The van der Waals surface area contributed by atoms with Gasteiger partial charge in [0.05, 0.1) is 27.7 Å². The van der Waals surface area contributed by atoms with Crippen LogP contribution in [0.1, 0.15) is 149 Å². The fourth-order valence-electron chi connectivity index (χ4n) is 5.37. The Hall–Kier alpha value is -3.14. The molecule has 59 heavy (non-hydrogen) atoms. The van der Waals surface area contributed by atoms with E-state index in [2.05, 4.69) is 80.7 Å². The van der Waals surface area contributed by atoms with Crippen LogP contribution in [0.4, 0.5) is 0 Å². The average molecular weight is 846 g/mol. The van der Waals surface area contributed by atoms with E-state index in [-0.39, 0.29) is 31.8 Å². The Morgan fingerprint density at radius 3 is 1.73 bits per heavy atom. The number of ether oxygens (including phenoxy) is 2. The zero-order chi connectivity index (χ0) is 43.7. The molecule has 0 saturated carbocycles. The van der Waals surface area contributed by atoms with Crippen molar-refractivity contribution in [1.29, 1.82) is 0 Å². The minimum absolute atomic E-state index is 0.0567. The van der Waals surface area contributed by atoms with Gasteiger partial charge in [0.2, 0.25) is 0 Å². The van der Waals surface area contributed by atoms with Crippen molar-refractivity contribution in [2.75, 3.05) is 47.5 Å². The van der Waals surface area contributed by atoms with E-state index in [9.17, 15) is 23.8 Å². The van der Waals surface area contributed by atoms with Crippen molar-refractivity contribution in [1.82, 2.24) is 0 Å². The highest BCUT2D eigenvalue weighted by Crippen LogP contribution is 2.38. The molecular weight excluding hydrogens is 766 g/mol. The number of carbonyl (C=O) groups is 3. The summed E-state index contributed by atoms with van der Waals surface area (Å²) in [5, 5.41) is 0. The summed E-state index contributed by atoms with van der Waals surface area (Å²) in [5.74, 6) is -0.770. The molecule has 0 spiro atoms. The second kappa shape index (κ2) is 39.0. The molecule has 0 aromatic rings. The van der Waals surface area contributed by atoms with E-state index >= 15 is 0 Å². The van der Waals surface area contributed by atoms with E-state index in [1.807, 2.05) is 33.3 Å². The van der Waals surface area contributed by atoms with Gasteiger partial charge in [0.1, 0.15) is 19.8 Å². The van der Waals surface area contributed by atoms with Gasteiger partial charge < -0.3 is 27.9 Å². The van der Waals surface area contributed by atoms with Crippen LogP contribution in [0.3, 0.4) is 0 Å². The minimum Gasteiger partial charge on any atom is -0.756 e. The van der Waals surface area contributed by atoms with Crippen LogP contribution in [-0.4, -0.2) is 75.8 Å². The van der Waals surface area contributed by atoms with E-state index in [1.165, 1.54) is 0 Å². The predicted octanol–water partition coefficient (Wildman–Crippen LogP) is 11.3. The maximum Gasteiger partial charge on any atom is 0.306 e. The summed E-state index contributed by atoms with van der Waals surface area (Å²) in [6, 6.07) is 0. The van der Waals surface area contributed by atoms with E-state index in [4.69, 9.17) is 18.5 Å². The molecule has 0 amide bonds. The number of phosphoric ester groups is 1. The number of rotatable bonds is 39. The first-order valence-electron chi connectivity index (χ1n) is 22.2. The van der Waals surface area contributed by atoms with E-state index < -0.39 is 32.5 Å². The fraction of sp³-hybridized carbons (Fsp3) is 0.646. The lowest BCUT2D eigenvalue weighted by Crippen LogP contribution is -2.37. The van der Waals surface area contributed by atoms with E-state index in [1.54, 1.807) is 6.08 Å². The molecule has 0 N–H and O–H groups in total. The Kier molecular flexibility index (Phi) is 36.9. The number of nitrogens with zero attached hydrogens (tertiary/aromatic N) is 1. The van der Waals surface area contributed by atoms with Crippen LogP contribution >= 0.6 is 7.82 Å². The summed E-state index contributed by atoms with van der Waals surface area (Å²) in [6.07, 6.45) is 45.9. The standard InChI is InChI=1S/C48H80NO9P/c1-6-8-10-11-12-13-14-15-16-17-18-19-20-21-22-25-29-32-36-40-48(52)58-46(44-57-59(53,54)56-42-41-49(3,4)5)43-55-47(51)39-35-31-28-26-23-24-27-30-34-38-45(50)37-33-9-7-2/h8,10,12-13,15-16,18-19,21-22,27,30,34,38,46H,6-7,9,11,14,17,20,23-26,28-29,31-33,35-37,39-44H2,1-5H3/b10-8-,13-12-,16-15-,19-18-,22-21-,30-27-,38-34+/t46-/m1/s1. The summed E-state index contributed by atoms with van der Waals surface area (Å²) >= 11 is 0. The van der Waals surface area contributed by atoms with Crippen molar-refractivity contribution in [2.24, 2.45) is 0 Å². The Bertz CT molecular complexity index is 1340. The van der Waals surface area contributed by atoms with Gasteiger partial charge in [0.15, 0.2) is 11.9 Å². The van der Waals surface area contributed by atoms with Gasteiger partial charge in [-0.25, -0.2) is 0 Å². The lowest BCUT2D eigenvalue weighted by molar-refractivity contribution is -0.870. The molecule has 2 atom stereocenters. The first-order valence-corrected chi connectivity index (χ1v) is 23.7. The zero-order valence-corrected chi connectivity index (χ0v) is 38.3. The Labute approximate surface area is 358 Å². The average Bonchev–Trinajstić information content (AvgIpc) is 3.18. The summed E-state index contributed by atoms with van der Waals surface area (Å²) in [4.78, 5) is 49.3. The number of esters is 2. The lowest BCUT2D eigenvalue weighted by Gasteiger charge is -2.28. The molecule has 0 fully saturated rings. The van der Waals surface area contributed by atoms with Crippen LogP contribution < -0.4 is 4.89 Å². The van der Waals surface area contributed by atoms with Gasteiger partial charge in [-0.1, -0.05) is 131 Å². The number of hydrogen-bond acceptors (Lipinski definition) is 9. The number of unbranched alkanes of at least 4 members (excludes halogenated alkanes) is 10.